The summed E-state index contributed by atoms with van der Waals surface area (Å²) < 4.78 is 0. The van der Waals surface area contributed by atoms with Gasteiger partial charge in [-0.05, 0) is 79.9 Å². The summed E-state index contributed by atoms with van der Waals surface area (Å²) in [5, 5.41) is 45.5. The molecule has 2 N–H and O–H groups in total. The number of rotatable bonds is 12. The van der Waals surface area contributed by atoms with Gasteiger partial charge in [0.15, 0.2) is 0 Å². The number of carboxylic acid groups (broad SMARTS) is 2. The molecule has 0 radical (unpaired) electrons. The minimum Gasteiger partial charge on any atom is -0.545 e. The van der Waals surface area contributed by atoms with Crippen LogP contribution in [0.5, 0.6) is 11.5 Å². The molecule has 8 aromatic carbocycles. The van der Waals surface area contributed by atoms with Crippen LogP contribution in [0.15, 0.2) is 194 Å². The molecule has 0 bridgehead atoms. The van der Waals surface area contributed by atoms with Crippen molar-refractivity contribution in [2.75, 3.05) is 0 Å². The number of hydrogen-bond acceptors (Lipinski definition) is 6. The van der Waals surface area contributed by atoms with Gasteiger partial charge in [-0.25, -0.2) is 0 Å². The van der Waals surface area contributed by atoms with E-state index >= 15 is 0 Å². The molecule has 0 aliphatic carbocycles. The first-order valence-electron chi connectivity index (χ1n) is 22.9. The van der Waals surface area contributed by atoms with Crippen molar-refractivity contribution < 1.29 is 49.5 Å². The smallest absolute Gasteiger partial charge is 0.545 e. The number of aromatic hydroxyl groups is 2. The zero-order chi connectivity index (χ0) is 49.0. The van der Waals surface area contributed by atoms with Crippen LogP contribution in [-0.4, -0.2) is 22.2 Å². The molecule has 8 aromatic rings. The van der Waals surface area contributed by atoms with E-state index in [9.17, 15) is 30.0 Å². The van der Waals surface area contributed by atoms with Gasteiger partial charge in [-0.1, -0.05) is 225 Å². The molecule has 0 spiro atoms. The maximum absolute atomic E-state index is 11.9. The summed E-state index contributed by atoms with van der Waals surface area (Å²) in [6.45, 7) is 16.9. The second-order valence-electron chi connectivity index (χ2n) is 19.5. The summed E-state index contributed by atoms with van der Waals surface area (Å²) >= 11 is 0. The largest absolute Gasteiger partial charge is 2.00 e. The zero-order valence-electron chi connectivity index (χ0n) is 40.7. The van der Waals surface area contributed by atoms with Gasteiger partial charge in [-0.15, -0.1) is 0 Å². The van der Waals surface area contributed by atoms with E-state index < -0.39 is 22.8 Å². The van der Waals surface area contributed by atoms with Crippen LogP contribution in [0, 0.1) is 0 Å². The fraction of sp³-hybridized carbons (Fsp3) is 0.194. The number of hydrogen-bond donors (Lipinski definition) is 2. The van der Waals surface area contributed by atoms with E-state index in [1.807, 2.05) is 185 Å². The van der Waals surface area contributed by atoms with Crippen LogP contribution in [0.3, 0.4) is 0 Å². The van der Waals surface area contributed by atoms with E-state index in [-0.39, 0.29) is 52.9 Å². The molecule has 0 atom stereocenters. The summed E-state index contributed by atoms with van der Waals surface area (Å²) in [6.07, 6.45) is 0. The average molecular weight is 965 g/mol. The maximum Gasteiger partial charge on any atom is 2.00 e. The summed E-state index contributed by atoms with van der Waals surface area (Å²) in [6, 6.07) is 63.1. The quantitative estimate of drug-likeness (QED) is 0.118. The standard InChI is InChI=1S/2C31H30O3.Zn/c2*1-30(2,22-11-7-5-8-12-22)24-17-15-21(16-18-24)26-19-25(20-27(28(26)32)29(33)34)31(3,4)23-13-9-6-10-14-23;/h2*5-20,32H,1-4H3,(H,33,34);/q;;+2/p-2. The van der Waals surface area contributed by atoms with Gasteiger partial charge >= 0.3 is 19.5 Å². The van der Waals surface area contributed by atoms with Crippen LogP contribution < -0.4 is 10.2 Å². The molecule has 0 saturated carbocycles. The minimum atomic E-state index is -1.40. The Morgan fingerprint density at radius 2 is 0.551 bits per heavy atom. The maximum atomic E-state index is 11.9. The van der Waals surface area contributed by atoms with Crippen LogP contribution in [0.2, 0.25) is 0 Å². The van der Waals surface area contributed by atoms with Crippen molar-refractivity contribution in [3.8, 4) is 33.8 Å². The zero-order valence-corrected chi connectivity index (χ0v) is 43.7. The van der Waals surface area contributed by atoms with E-state index in [4.69, 9.17) is 0 Å². The monoisotopic (exact) mass is 962 g/mol. The Labute approximate surface area is 419 Å². The molecule has 7 heteroatoms. The average Bonchev–Trinajstić information content (AvgIpc) is 3.35. The summed E-state index contributed by atoms with van der Waals surface area (Å²) in [4.78, 5) is 23.8. The fourth-order valence-corrected chi connectivity index (χ4v) is 8.96. The Kier molecular flexibility index (Phi) is 15.4. The second kappa shape index (κ2) is 20.7. The molecule has 69 heavy (non-hydrogen) atoms. The van der Waals surface area contributed by atoms with Crippen molar-refractivity contribution in [2.24, 2.45) is 0 Å². The van der Waals surface area contributed by atoms with E-state index in [2.05, 4.69) is 52.0 Å². The molecule has 0 heterocycles. The fourth-order valence-electron chi connectivity index (χ4n) is 8.96. The van der Waals surface area contributed by atoms with Crippen molar-refractivity contribution in [1.29, 1.82) is 0 Å². The van der Waals surface area contributed by atoms with Gasteiger partial charge in [0.2, 0.25) is 0 Å². The van der Waals surface area contributed by atoms with Crippen molar-refractivity contribution in [1.82, 2.24) is 0 Å². The Hall–Kier alpha value is -7.08. The van der Waals surface area contributed by atoms with E-state index in [1.54, 1.807) is 0 Å². The van der Waals surface area contributed by atoms with Crippen LogP contribution in [0.1, 0.15) is 121 Å². The minimum absolute atomic E-state index is 0. The summed E-state index contributed by atoms with van der Waals surface area (Å²) in [5.41, 5.74) is 9.06. The summed E-state index contributed by atoms with van der Waals surface area (Å²) in [5.74, 6) is -3.34. The van der Waals surface area contributed by atoms with Crippen LogP contribution in [-0.2, 0) is 41.1 Å². The first-order valence-corrected chi connectivity index (χ1v) is 22.9. The van der Waals surface area contributed by atoms with Crippen molar-refractivity contribution in [2.45, 2.75) is 77.0 Å². The first-order chi connectivity index (χ1) is 32.2. The Morgan fingerprint density at radius 3 is 0.783 bits per heavy atom. The number of carbonyl (C=O) groups excluding carboxylic acids is 2. The van der Waals surface area contributed by atoms with Gasteiger partial charge in [0.05, 0.1) is 11.9 Å². The van der Waals surface area contributed by atoms with Crippen molar-refractivity contribution in [3.63, 3.8) is 0 Å². The van der Waals surface area contributed by atoms with Crippen molar-refractivity contribution >= 4 is 11.9 Å². The molecule has 0 aliphatic heterocycles. The molecule has 0 saturated heterocycles. The predicted molar refractivity (Wildman–Crippen MR) is 270 cm³/mol. The van der Waals surface area contributed by atoms with Crippen LogP contribution in [0.4, 0.5) is 0 Å². The Morgan fingerprint density at radius 1 is 0.333 bits per heavy atom. The molecule has 0 unspecified atom stereocenters. The molecule has 0 aliphatic rings. The van der Waals surface area contributed by atoms with E-state index in [0.29, 0.717) is 11.1 Å². The topological polar surface area (TPSA) is 121 Å². The Bertz CT molecular complexity index is 2820. The van der Waals surface area contributed by atoms with Gasteiger partial charge in [0.25, 0.3) is 0 Å². The predicted octanol–water partition coefficient (Wildman–Crippen LogP) is 12.1. The van der Waals surface area contributed by atoms with Crippen LogP contribution >= 0.6 is 0 Å². The van der Waals surface area contributed by atoms with E-state index in [1.165, 1.54) is 23.3 Å². The van der Waals surface area contributed by atoms with Gasteiger partial charge in [0, 0.05) is 43.9 Å². The molecule has 0 amide bonds. The van der Waals surface area contributed by atoms with Gasteiger partial charge in [-0.2, -0.15) is 0 Å². The van der Waals surface area contributed by atoms with E-state index in [0.717, 1.165) is 44.5 Å². The number of carbonyl (C=O) groups is 2. The van der Waals surface area contributed by atoms with Gasteiger partial charge < -0.3 is 30.0 Å². The van der Waals surface area contributed by atoms with Crippen LogP contribution in [0.25, 0.3) is 22.3 Å². The number of aromatic carboxylic acids is 2. The molecule has 0 fully saturated rings. The SMILES string of the molecule is CC(C)(c1ccccc1)c1ccc(-c2cc(C(C)(C)c3ccccc3)cc(C(=O)[O-])c2O)cc1.CC(C)(c1ccccc1)c1ccc(-c2cc(C(C)(C)c3ccccc3)cc(C(=O)[O-])c2O)cc1.[Zn+2]. The second-order valence-corrected chi connectivity index (χ2v) is 19.5. The molecule has 344 valence electrons. The third-order valence-electron chi connectivity index (χ3n) is 13.9. The normalized spacial score (nSPS) is 11.7. The van der Waals surface area contributed by atoms with Gasteiger partial charge in [0.1, 0.15) is 11.5 Å². The molecular formula is C62H58O6Zn. The number of phenols is 2. The van der Waals surface area contributed by atoms with Crippen molar-refractivity contribution in [3.05, 3.63) is 250 Å². The first kappa shape index (κ1) is 51.3. The number of carboxylic acids is 2. The third kappa shape index (κ3) is 10.7. The Balaban J connectivity index is 0.000000224. The molecular weight excluding hydrogens is 906 g/mol. The summed E-state index contributed by atoms with van der Waals surface area (Å²) in [7, 11) is 0. The van der Waals surface area contributed by atoms with Gasteiger partial charge in [-0.3, -0.25) is 0 Å². The molecule has 6 nitrogen and oxygen atoms in total. The molecule has 8 rings (SSSR count). The third-order valence-corrected chi connectivity index (χ3v) is 13.9. The molecule has 0 aromatic heterocycles. The number of benzene rings is 8.